The molecule has 1 fully saturated rings. The second-order valence-electron chi connectivity index (χ2n) is 6.21. The number of hydrogen-bond acceptors (Lipinski definition) is 6. The van der Waals surface area contributed by atoms with Gasteiger partial charge in [-0.3, -0.25) is 4.90 Å². The monoisotopic (exact) mass is 324 g/mol. The Labute approximate surface area is 140 Å². The molecule has 4 rings (SSSR count). The third-order valence-electron chi connectivity index (χ3n) is 4.36. The zero-order valence-corrected chi connectivity index (χ0v) is 13.5. The number of likely N-dealkylation sites (tertiary alicyclic amines) is 1. The lowest BCUT2D eigenvalue weighted by molar-refractivity contribution is 0.180. The zero-order chi connectivity index (χ0) is 16.2. The Bertz CT molecular complexity index is 755. The van der Waals surface area contributed by atoms with Gasteiger partial charge in [0.2, 0.25) is 5.89 Å². The van der Waals surface area contributed by atoms with Gasteiger partial charge in [0, 0.05) is 19.3 Å². The molecule has 1 atom stereocenters. The minimum absolute atomic E-state index is 0.305. The van der Waals surface area contributed by atoms with Crippen LogP contribution in [0, 0.1) is 0 Å². The number of piperidine rings is 1. The van der Waals surface area contributed by atoms with Gasteiger partial charge in [0.1, 0.15) is 6.54 Å². The summed E-state index contributed by atoms with van der Waals surface area (Å²) in [5.41, 5.74) is 1.34. The van der Waals surface area contributed by atoms with Gasteiger partial charge in [-0.2, -0.15) is 4.98 Å². The highest BCUT2D eigenvalue weighted by Crippen LogP contribution is 2.26. The van der Waals surface area contributed by atoms with Crippen LogP contribution in [0.5, 0.6) is 0 Å². The molecule has 1 aromatic carbocycles. The summed E-state index contributed by atoms with van der Waals surface area (Å²) in [4.78, 5) is 7.02. The Morgan fingerprint density at radius 2 is 2.08 bits per heavy atom. The normalized spacial score (nSPS) is 18.8. The first-order chi connectivity index (χ1) is 11.9. The summed E-state index contributed by atoms with van der Waals surface area (Å²) in [6.07, 6.45) is 5.68. The minimum atomic E-state index is 0.305. The molecule has 7 nitrogen and oxygen atoms in total. The van der Waals surface area contributed by atoms with Gasteiger partial charge in [0.15, 0.2) is 5.82 Å². The number of benzene rings is 1. The van der Waals surface area contributed by atoms with Crippen molar-refractivity contribution in [2.75, 3.05) is 13.1 Å². The highest BCUT2D eigenvalue weighted by molar-refractivity contribution is 5.14. The van der Waals surface area contributed by atoms with Crippen LogP contribution in [-0.4, -0.2) is 43.1 Å². The van der Waals surface area contributed by atoms with Crippen LogP contribution in [0.15, 0.2) is 47.2 Å². The number of nitrogens with zero attached hydrogens (tertiary/aromatic N) is 6. The van der Waals surface area contributed by atoms with Gasteiger partial charge in [0.25, 0.3) is 0 Å². The molecule has 3 aromatic rings. The van der Waals surface area contributed by atoms with E-state index in [1.807, 2.05) is 0 Å². The maximum absolute atomic E-state index is 5.50. The molecule has 0 bridgehead atoms. The largest absolute Gasteiger partial charge is 0.339 e. The first-order valence-corrected chi connectivity index (χ1v) is 8.30. The maximum atomic E-state index is 5.50. The lowest BCUT2D eigenvalue weighted by atomic mass is 9.97. The Balaban J connectivity index is 1.40. The lowest BCUT2D eigenvalue weighted by Crippen LogP contribution is -2.34. The SMILES string of the molecule is c1ccc(CN2CCC[C@H](c3nc(Cn4ccnn4)no3)C2)cc1. The standard InChI is InChI=1S/C17H20N6O/c1-2-5-14(6-3-1)11-22-9-4-7-15(12-22)17-19-16(20-24-17)13-23-10-8-18-21-23/h1-3,5-6,8,10,15H,4,7,9,11-13H2/t15-/m0/s1. The number of rotatable bonds is 5. The molecule has 1 saturated heterocycles. The summed E-state index contributed by atoms with van der Waals surface area (Å²) in [6.45, 7) is 3.53. The molecular formula is C17H20N6O. The van der Waals surface area contributed by atoms with E-state index in [1.54, 1.807) is 17.1 Å². The minimum Gasteiger partial charge on any atom is -0.339 e. The smallest absolute Gasteiger partial charge is 0.231 e. The van der Waals surface area contributed by atoms with Gasteiger partial charge in [0.05, 0.1) is 12.1 Å². The van der Waals surface area contributed by atoms with Gasteiger partial charge in [-0.15, -0.1) is 5.10 Å². The second kappa shape index (κ2) is 6.92. The molecule has 0 spiro atoms. The fraction of sp³-hybridized carbons (Fsp3) is 0.412. The molecular weight excluding hydrogens is 304 g/mol. The third kappa shape index (κ3) is 3.51. The number of aromatic nitrogens is 5. The van der Waals surface area contributed by atoms with Crippen LogP contribution >= 0.6 is 0 Å². The Morgan fingerprint density at radius 3 is 2.92 bits per heavy atom. The fourth-order valence-corrected chi connectivity index (χ4v) is 3.20. The first kappa shape index (κ1) is 15.0. The summed E-state index contributed by atoms with van der Waals surface area (Å²) in [6, 6.07) is 10.6. The average Bonchev–Trinajstić information content (AvgIpc) is 3.29. The van der Waals surface area contributed by atoms with Crippen molar-refractivity contribution in [1.82, 2.24) is 30.0 Å². The van der Waals surface area contributed by atoms with Crippen molar-refractivity contribution in [3.05, 3.63) is 60.0 Å². The molecule has 24 heavy (non-hydrogen) atoms. The Kier molecular flexibility index (Phi) is 4.33. The lowest BCUT2D eigenvalue weighted by Gasteiger charge is -2.30. The van der Waals surface area contributed by atoms with E-state index in [4.69, 9.17) is 4.52 Å². The molecule has 0 N–H and O–H groups in total. The van der Waals surface area contributed by atoms with Crippen LogP contribution in [0.4, 0.5) is 0 Å². The van der Waals surface area contributed by atoms with E-state index in [1.165, 1.54) is 5.56 Å². The average molecular weight is 324 g/mol. The summed E-state index contributed by atoms with van der Waals surface area (Å²) >= 11 is 0. The van der Waals surface area contributed by atoms with Gasteiger partial charge in [-0.05, 0) is 24.9 Å². The fourth-order valence-electron chi connectivity index (χ4n) is 3.20. The quantitative estimate of drug-likeness (QED) is 0.715. The van der Waals surface area contributed by atoms with Gasteiger partial charge in [-0.25, -0.2) is 4.68 Å². The topological polar surface area (TPSA) is 72.9 Å². The van der Waals surface area contributed by atoms with E-state index < -0.39 is 0 Å². The van der Waals surface area contributed by atoms with Crippen LogP contribution in [0.2, 0.25) is 0 Å². The van der Waals surface area contributed by atoms with Crippen LogP contribution in [-0.2, 0) is 13.1 Å². The molecule has 7 heteroatoms. The van der Waals surface area contributed by atoms with Crippen molar-refractivity contribution in [3.63, 3.8) is 0 Å². The Morgan fingerprint density at radius 1 is 1.17 bits per heavy atom. The van der Waals surface area contributed by atoms with Crippen molar-refractivity contribution >= 4 is 0 Å². The van der Waals surface area contributed by atoms with Crippen molar-refractivity contribution < 1.29 is 4.52 Å². The first-order valence-electron chi connectivity index (χ1n) is 8.30. The second-order valence-corrected chi connectivity index (χ2v) is 6.21. The molecule has 1 aliphatic heterocycles. The van der Waals surface area contributed by atoms with Gasteiger partial charge >= 0.3 is 0 Å². The Hall–Kier alpha value is -2.54. The van der Waals surface area contributed by atoms with E-state index >= 15 is 0 Å². The van der Waals surface area contributed by atoms with Crippen LogP contribution < -0.4 is 0 Å². The molecule has 1 aliphatic rings. The van der Waals surface area contributed by atoms with Crippen molar-refractivity contribution in [2.45, 2.75) is 31.8 Å². The van der Waals surface area contributed by atoms with E-state index in [0.717, 1.165) is 38.4 Å². The zero-order valence-electron chi connectivity index (χ0n) is 13.5. The molecule has 0 amide bonds. The summed E-state index contributed by atoms with van der Waals surface area (Å²) in [5.74, 6) is 1.69. The van der Waals surface area contributed by atoms with E-state index in [0.29, 0.717) is 18.3 Å². The molecule has 0 radical (unpaired) electrons. The predicted octanol–water partition coefficient (Wildman–Crippen LogP) is 2.09. The van der Waals surface area contributed by atoms with Crippen LogP contribution in [0.1, 0.15) is 36.0 Å². The van der Waals surface area contributed by atoms with Crippen molar-refractivity contribution in [1.29, 1.82) is 0 Å². The molecule has 0 saturated carbocycles. The third-order valence-corrected chi connectivity index (χ3v) is 4.36. The van der Waals surface area contributed by atoms with E-state index in [9.17, 15) is 0 Å². The molecule has 3 heterocycles. The molecule has 0 unspecified atom stereocenters. The highest BCUT2D eigenvalue weighted by atomic mass is 16.5. The number of hydrogen-bond donors (Lipinski definition) is 0. The van der Waals surface area contributed by atoms with Gasteiger partial charge < -0.3 is 4.52 Å². The molecule has 124 valence electrons. The van der Waals surface area contributed by atoms with Crippen molar-refractivity contribution in [2.24, 2.45) is 0 Å². The van der Waals surface area contributed by atoms with E-state index in [-0.39, 0.29) is 0 Å². The molecule has 0 aliphatic carbocycles. The van der Waals surface area contributed by atoms with Gasteiger partial charge in [-0.1, -0.05) is 40.7 Å². The summed E-state index contributed by atoms with van der Waals surface area (Å²) < 4.78 is 7.19. The van der Waals surface area contributed by atoms with Crippen LogP contribution in [0.3, 0.4) is 0 Å². The van der Waals surface area contributed by atoms with E-state index in [2.05, 4.69) is 55.7 Å². The van der Waals surface area contributed by atoms with Crippen LogP contribution in [0.25, 0.3) is 0 Å². The molecule has 2 aromatic heterocycles. The summed E-state index contributed by atoms with van der Waals surface area (Å²) in [7, 11) is 0. The maximum Gasteiger partial charge on any atom is 0.231 e. The summed E-state index contributed by atoms with van der Waals surface area (Å²) in [5, 5.41) is 11.8. The van der Waals surface area contributed by atoms with Crippen molar-refractivity contribution in [3.8, 4) is 0 Å². The predicted molar refractivity (Wildman–Crippen MR) is 87.1 cm³/mol. The highest BCUT2D eigenvalue weighted by Gasteiger charge is 2.26.